The van der Waals surface area contributed by atoms with Gasteiger partial charge in [0.05, 0.1) is 6.20 Å². The quantitative estimate of drug-likeness (QED) is 0.870. The van der Waals surface area contributed by atoms with Gasteiger partial charge in [0.25, 0.3) is 5.91 Å². The highest BCUT2D eigenvalue weighted by atomic mass is 19.1. The van der Waals surface area contributed by atoms with Crippen molar-refractivity contribution in [2.45, 2.75) is 13.5 Å². The molecular weight excluding hydrogens is 257 g/mol. The lowest BCUT2D eigenvalue weighted by Crippen LogP contribution is -2.30. The number of hydrogen-bond donors (Lipinski definition) is 1. The van der Waals surface area contributed by atoms with Gasteiger partial charge in [0.15, 0.2) is 0 Å². The summed E-state index contributed by atoms with van der Waals surface area (Å²) in [6, 6.07) is 9.97. The molecule has 1 heterocycles. The highest BCUT2D eigenvalue weighted by molar-refractivity contribution is 5.92. The summed E-state index contributed by atoms with van der Waals surface area (Å²) in [4.78, 5) is 17.7. The lowest BCUT2D eigenvalue weighted by molar-refractivity contribution is 0.0746. The number of amides is 1. The summed E-state index contributed by atoms with van der Waals surface area (Å²) in [5.41, 5.74) is 7.53. The molecule has 0 aliphatic heterocycles. The van der Waals surface area contributed by atoms with Gasteiger partial charge in [-0.1, -0.05) is 12.1 Å². The summed E-state index contributed by atoms with van der Waals surface area (Å²) in [6.45, 7) is 2.90. The molecule has 0 radical (unpaired) electrons. The average Bonchev–Trinajstić information content (AvgIpc) is 2.47. The van der Waals surface area contributed by atoms with Crippen LogP contribution in [0.15, 0.2) is 42.6 Å². The number of anilines is 1. The molecular formula is C15H16FN3O. The maximum Gasteiger partial charge on any atom is 0.272 e. The Kier molecular flexibility index (Phi) is 4.30. The van der Waals surface area contributed by atoms with Crippen LogP contribution in [0.1, 0.15) is 23.0 Å². The van der Waals surface area contributed by atoms with Crippen molar-refractivity contribution in [1.82, 2.24) is 9.88 Å². The molecule has 0 fully saturated rings. The summed E-state index contributed by atoms with van der Waals surface area (Å²) in [7, 11) is 0. The highest BCUT2D eigenvalue weighted by Gasteiger charge is 2.15. The number of nitrogens with two attached hydrogens (primary N) is 1. The number of nitrogens with zero attached hydrogens (tertiary/aromatic N) is 2. The molecule has 1 aromatic carbocycles. The molecule has 5 heteroatoms. The Hall–Kier alpha value is -2.43. The molecule has 0 spiro atoms. The molecule has 0 aliphatic carbocycles. The van der Waals surface area contributed by atoms with Crippen LogP contribution in [0.25, 0.3) is 0 Å². The second kappa shape index (κ2) is 6.14. The summed E-state index contributed by atoms with van der Waals surface area (Å²) in [5.74, 6) is -0.674. The summed E-state index contributed by atoms with van der Waals surface area (Å²) < 4.78 is 12.8. The molecule has 2 N–H and O–H groups in total. The third-order valence-corrected chi connectivity index (χ3v) is 2.97. The number of carbonyl (C=O) groups excluding carboxylic acids is 1. The molecule has 0 saturated carbocycles. The van der Waals surface area contributed by atoms with Crippen molar-refractivity contribution in [2.24, 2.45) is 0 Å². The first-order valence-electron chi connectivity index (χ1n) is 6.35. The van der Waals surface area contributed by atoms with Crippen molar-refractivity contribution in [3.8, 4) is 0 Å². The van der Waals surface area contributed by atoms with Crippen LogP contribution in [0.5, 0.6) is 0 Å². The Balaban J connectivity index is 2.13. The molecule has 2 rings (SSSR count). The smallest absolute Gasteiger partial charge is 0.272 e. The van der Waals surface area contributed by atoms with Crippen molar-refractivity contribution in [2.75, 3.05) is 12.3 Å². The second-order valence-electron chi connectivity index (χ2n) is 4.42. The van der Waals surface area contributed by atoms with E-state index in [1.54, 1.807) is 17.0 Å². The van der Waals surface area contributed by atoms with Crippen LogP contribution in [0.4, 0.5) is 10.1 Å². The normalized spacial score (nSPS) is 10.3. The number of benzene rings is 1. The van der Waals surface area contributed by atoms with Crippen molar-refractivity contribution < 1.29 is 9.18 Å². The fourth-order valence-corrected chi connectivity index (χ4v) is 1.83. The predicted octanol–water partition coefficient (Wildman–Crippen LogP) is 2.47. The van der Waals surface area contributed by atoms with Gasteiger partial charge in [-0.3, -0.25) is 4.79 Å². The molecule has 0 bridgehead atoms. The Labute approximate surface area is 117 Å². The zero-order valence-electron chi connectivity index (χ0n) is 11.2. The SMILES string of the molecule is CCN(Cc1ccc(N)cc1)C(=O)c1ccc(F)cn1. The molecule has 104 valence electrons. The number of pyridine rings is 1. The van der Waals surface area contributed by atoms with E-state index in [9.17, 15) is 9.18 Å². The van der Waals surface area contributed by atoms with Gasteiger partial charge in [-0.15, -0.1) is 0 Å². The van der Waals surface area contributed by atoms with Gasteiger partial charge < -0.3 is 10.6 Å². The van der Waals surface area contributed by atoms with E-state index in [-0.39, 0.29) is 11.6 Å². The third-order valence-electron chi connectivity index (χ3n) is 2.97. The van der Waals surface area contributed by atoms with E-state index in [1.165, 1.54) is 12.1 Å². The molecule has 0 aliphatic rings. The van der Waals surface area contributed by atoms with Crippen molar-refractivity contribution in [1.29, 1.82) is 0 Å². The Morgan fingerprint density at radius 2 is 1.95 bits per heavy atom. The maximum atomic E-state index is 12.8. The Bertz CT molecular complexity index is 581. The van der Waals surface area contributed by atoms with E-state index >= 15 is 0 Å². The largest absolute Gasteiger partial charge is 0.399 e. The average molecular weight is 273 g/mol. The molecule has 0 unspecified atom stereocenters. The van der Waals surface area contributed by atoms with E-state index in [2.05, 4.69) is 4.98 Å². The van der Waals surface area contributed by atoms with Crippen molar-refractivity contribution >= 4 is 11.6 Å². The molecule has 0 saturated heterocycles. The molecule has 20 heavy (non-hydrogen) atoms. The van der Waals surface area contributed by atoms with Gasteiger partial charge in [-0.25, -0.2) is 9.37 Å². The molecule has 0 atom stereocenters. The first-order chi connectivity index (χ1) is 9.60. The van der Waals surface area contributed by atoms with Gasteiger partial charge >= 0.3 is 0 Å². The zero-order chi connectivity index (χ0) is 14.5. The van der Waals surface area contributed by atoms with E-state index in [1.807, 2.05) is 19.1 Å². The first-order valence-corrected chi connectivity index (χ1v) is 6.35. The van der Waals surface area contributed by atoms with Crippen LogP contribution in [0, 0.1) is 5.82 Å². The molecule has 4 nitrogen and oxygen atoms in total. The topological polar surface area (TPSA) is 59.2 Å². The van der Waals surface area contributed by atoms with Gasteiger partial charge in [-0.2, -0.15) is 0 Å². The fraction of sp³-hybridized carbons (Fsp3) is 0.200. The monoisotopic (exact) mass is 273 g/mol. The van der Waals surface area contributed by atoms with Crippen LogP contribution < -0.4 is 5.73 Å². The van der Waals surface area contributed by atoms with Crippen LogP contribution in [-0.4, -0.2) is 22.3 Å². The van der Waals surface area contributed by atoms with Crippen molar-refractivity contribution in [3.63, 3.8) is 0 Å². The number of nitrogen functional groups attached to an aromatic ring is 1. The minimum absolute atomic E-state index is 0.218. The van der Waals surface area contributed by atoms with E-state index in [0.29, 0.717) is 18.8 Å². The summed E-state index contributed by atoms with van der Waals surface area (Å²) >= 11 is 0. The Morgan fingerprint density at radius 1 is 1.25 bits per heavy atom. The number of carbonyl (C=O) groups is 1. The highest BCUT2D eigenvalue weighted by Crippen LogP contribution is 2.11. The van der Waals surface area contributed by atoms with Gasteiger partial charge in [-0.05, 0) is 36.8 Å². The predicted molar refractivity (Wildman–Crippen MR) is 75.5 cm³/mol. The van der Waals surface area contributed by atoms with E-state index in [0.717, 1.165) is 11.8 Å². The van der Waals surface area contributed by atoms with Crippen LogP contribution in [0.2, 0.25) is 0 Å². The second-order valence-corrected chi connectivity index (χ2v) is 4.42. The minimum atomic E-state index is -0.455. The minimum Gasteiger partial charge on any atom is -0.399 e. The first kappa shape index (κ1) is 14.0. The van der Waals surface area contributed by atoms with Crippen LogP contribution in [-0.2, 0) is 6.54 Å². The van der Waals surface area contributed by atoms with E-state index < -0.39 is 5.82 Å². The number of aromatic nitrogens is 1. The summed E-state index contributed by atoms with van der Waals surface area (Å²) in [6.07, 6.45) is 1.05. The number of rotatable bonds is 4. The molecule has 1 amide bonds. The zero-order valence-corrected chi connectivity index (χ0v) is 11.2. The lowest BCUT2D eigenvalue weighted by atomic mass is 10.2. The standard InChI is InChI=1S/C15H16FN3O/c1-2-19(10-11-3-6-13(17)7-4-11)15(20)14-8-5-12(16)9-18-14/h3-9H,2,10,17H2,1H3. The molecule has 2 aromatic rings. The molecule has 1 aromatic heterocycles. The fourth-order valence-electron chi connectivity index (χ4n) is 1.83. The number of halogens is 1. The van der Waals surface area contributed by atoms with Gasteiger partial charge in [0, 0.05) is 18.8 Å². The Morgan fingerprint density at radius 3 is 2.50 bits per heavy atom. The summed E-state index contributed by atoms with van der Waals surface area (Å²) in [5, 5.41) is 0. The number of hydrogen-bond acceptors (Lipinski definition) is 3. The van der Waals surface area contributed by atoms with Crippen LogP contribution >= 0.6 is 0 Å². The maximum absolute atomic E-state index is 12.8. The van der Waals surface area contributed by atoms with Crippen molar-refractivity contribution in [3.05, 3.63) is 59.7 Å². The lowest BCUT2D eigenvalue weighted by Gasteiger charge is -2.20. The van der Waals surface area contributed by atoms with Gasteiger partial charge in [0.1, 0.15) is 11.5 Å². The van der Waals surface area contributed by atoms with Crippen LogP contribution in [0.3, 0.4) is 0 Å². The third kappa shape index (κ3) is 3.32. The van der Waals surface area contributed by atoms with Gasteiger partial charge in [0.2, 0.25) is 0 Å². The van der Waals surface area contributed by atoms with E-state index in [4.69, 9.17) is 5.73 Å².